The van der Waals surface area contributed by atoms with Crippen LogP contribution in [0.4, 0.5) is 0 Å². The van der Waals surface area contributed by atoms with Gasteiger partial charge in [-0.3, -0.25) is 0 Å². The zero-order valence-corrected chi connectivity index (χ0v) is 23.5. The third-order valence-corrected chi connectivity index (χ3v) is 10.4. The standard InChI is InChI=1S/C36H34N4/c1-35(2)17-19-5-11-25(35)33-29-15-23-9-10-24(38-23)16-30-34-26-12-6-20(18-36(26,3)4)32(34)28(40-30)14-22-8-7-21(37-22)13-27(39-29)31(19)33/h5-16,19-20,25-26,37-38H,17-18H2,1-4H3. The molecule has 3 aromatic heterocycles. The Morgan fingerprint density at radius 3 is 1.23 bits per heavy atom. The smallest absolute Gasteiger partial charge is 0.0699 e. The number of aromatic nitrogens is 4. The van der Waals surface area contributed by atoms with Crippen molar-refractivity contribution in [1.82, 2.24) is 19.9 Å². The molecule has 0 spiro atoms. The Balaban J connectivity index is 1.32. The Morgan fingerprint density at radius 1 is 0.525 bits per heavy atom. The Bertz CT molecular complexity index is 1800. The first kappa shape index (κ1) is 22.9. The van der Waals surface area contributed by atoms with Crippen molar-refractivity contribution in [2.45, 2.75) is 40.5 Å². The van der Waals surface area contributed by atoms with Crippen LogP contribution >= 0.6 is 0 Å². The van der Waals surface area contributed by atoms with Crippen LogP contribution in [-0.2, 0) is 0 Å². The average molecular weight is 523 g/mol. The van der Waals surface area contributed by atoms with E-state index in [2.05, 4.69) is 110 Å². The number of hydrogen-bond acceptors (Lipinski definition) is 2. The molecule has 8 aliphatic rings. The third kappa shape index (κ3) is 3.08. The first-order valence-corrected chi connectivity index (χ1v) is 14.8. The number of allylic oxidation sites excluding steroid dienone is 8. The highest BCUT2D eigenvalue weighted by Gasteiger charge is 2.47. The van der Waals surface area contributed by atoms with Crippen molar-refractivity contribution < 1.29 is 0 Å². The van der Waals surface area contributed by atoms with E-state index in [1.807, 2.05) is 0 Å². The van der Waals surface area contributed by atoms with Crippen molar-refractivity contribution >= 4 is 44.4 Å². The van der Waals surface area contributed by atoms with Gasteiger partial charge in [-0.25, -0.2) is 9.97 Å². The molecule has 6 aliphatic carbocycles. The van der Waals surface area contributed by atoms with E-state index in [1.165, 1.54) is 35.1 Å². The number of H-pyrrole nitrogens is 2. The van der Waals surface area contributed by atoms with Crippen LogP contribution in [0.15, 0.2) is 72.8 Å². The molecular formula is C36H34N4. The number of nitrogens with one attached hydrogen (secondary N) is 2. The van der Waals surface area contributed by atoms with E-state index >= 15 is 0 Å². The number of aromatic amines is 2. The molecular weight excluding hydrogens is 488 g/mol. The number of nitrogens with zero attached hydrogens (tertiary/aromatic N) is 2. The van der Waals surface area contributed by atoms with Crippen LogP contribution in [0.5, 0.6) is 0 Å². The van der Waals surface area contributed by atoms with Gasteiger partial charge in [0.1, 0.15) is 0 Å². The van der Waals surface area contributed by atoms with Crippen molar-refractivity contribution in [3.05, 3.63) is 95.6 Å². The minimum absolute atomic E-state index is 0.228. The molecule has 11 rings (SSSR count). The molecule has 4 unspecified atom stereocenters. The molecule has 2 N–H and O–H groups in total. The highest BCUT2D eigenvalue weighted by molar-refractivity contribution is 6.00. The maximum atomic E-state index is 5.28. The lowest BCUT2D eigenvalue weighted by Crippen LogP contribution is -2.34. The molecule has 198 valence electrons. The van der Waals surface area contributed by atoms with Crippen LogP contribution in [0.1, 0.15) is 63.3 Å². The molecule has 0 saturated carbocycles. The summed E-state index contributed by atoms with van der Waals surface area (Å²) in [6, 6.07) is 17.8. The molecule has 0 saturated heterocycles. The third-order valence-electron chi connectivity index (χ3n) is 10.4. The van der Waals surface area contributed by atoms with Gasteiger partial charge in [-0.05, 0) is 94.5 Å². The Morgan fingerprint density at radius 2 is 0.875 bits per heavy atom. The second kappa shape index (κ2) is 7.42. The van der Waals surface area contributed by atoms with Gasteiger partial charge in [0.05, 0.1) is 22.8 Å². The normalized spacial score (nSPS) is 28.3. The van der Waals surface area contributed by atoms with Crippen LogP contribution in [0, 0.1) is 34.5 Å². The largest absolute Gasteiger partial charge is 0.355 e. The monoisotopic (exact) mass is 522 g/mol. The van der Waals surface area contributed by atoms with Gasteiger partial charge < -0.3 is 9.97 Å². The second-order valence-corrected chi connectivity index (χ2v) is 14.1. The van der Waals surface area contributed by atoms with Crippen LogP contribution in [0.3, 0.4) is 0 Å². The molecule has 3 aromatic rings. The minimum atomic E-state index is 0.228. The molecule has 5 heterocycles. The SMILES string of the molecule is CC1(C)CC2C=CC1C1=C2c2cc3ccc(cc4nc(cc5ccc(cc1n2)[nH]5)C1=C4C2C=CC1C(C)(C)C2)[nH]3. The Labute approximate surface area is 234 Å². The fourth-order valence-electron chi connectivity index (χ4n) is 8.62. The average Bonchev–Trinajstić information content (AvgIpc) is 3.68. The van der Waals surface area contributed by atoms with Gasteiger partial charge in [0.15, 0.2) is 0 Å². The van der Waals surface area contributed by atoms with E-state index in [1.54, 1.807) is 0 Å². The maximum Gasteiger partial charge on any atom is 0.0699 e. The quantitative estimate of drug-likeness (QED) is 0.290. The summed E-state index contributed by atoms with van der Waals surface area (Å²) in [5.41, 5.74) is 14.9. The molecule has 4 nitrogen and oxygen atoms in total. The summed E-state index contributed by atoms with van der Waals surface area (Å²) in [5.74, 6) is 1.60. The van der Waals surface area contributed by atoms with Gasteiger partial charge >= 0.3 is 0 Å². The van der Waals surface area contributed by atoms with E-state index in [9.17, 15) is 0 Å². The second-order valence-electron chi connectivity index (χ2n) is 14.1. The molecule has 0 radical (unpaired) electrons. The number of fused-ring (bicyclic) bond motifs is 10. The van der Waals surface area contributed by atoms with Crippen molar-refractivity contribution in [2.24, 2.45) is 34.5 Å². The lowest BCUT2D eigenvalue weighted by atomic mass is 9.58. The summed E-state index contributed by atoms with van der Waals surface area (Å²) in [6.45, 7) is 9.64. The van der Waals surface area contributed by atoms with E-state index in [0.29, 0.717) is 23.7 Å². The summed E-state index contributed by atoms with van der Waals surface area (Å²) < 4.78 is 0. The predicted octanol–water partition coefficient (Wildman–Crippen LogP) is 8.60. The lowest BCUT2D eigenvalue weighted by molar-refractivity contribution is 0.243. The minimum Gasteiger partial charge on any atom is -0.355 e. The maximum absolute atomic E-state index is 5.28. The number of rotatable bonds is 0. The zero-order valence-electron chi connectivity index (χ0n) is 23.5. The van der Waals surface area contributed by atoms with Crippen LogP contribution in [0.25, 0.3) is 44.4 Å². The topological polar surface area (TPSA) is 57.4 Å². The summed E-state index contributed by atoms with van der Waals surface area (Å²) >= 11 is 0. The first-order valence-electron chi connectivity index (χ1n) is 14.8. The molecule has 4 heteroatoms. The molecule has 2 aliphatic heterocycles. The lowest BCUT2D eigenvalue weighted by Gasteiger charge is -2.45. The summed E-state index contributed by atoms with van der Waals surface area (Å²) in [5, 5.41) is 0. The number of hydrogen-bond donors (Lipinski definition) is 2. The van der Waals surface area contributed by atoms with Gasteiger partial charge in [0.25, 0.3) is 0 Å². The van der Waals surface area contributed by atoms with Crippen LogP contribution < -0.4 is 0 Å². The van der Waals surface area contributed by atoms with Crippen molar-refractivity contribution in [2.75, 3.05) is 0 Å². The zero-order chi connectivity index (χ0) is 27.0. The fraction of sp³-hybridized carbons (Fsp3) is 0.333. The van der Waals surface area contributed by atoms with Crippen LogP contribution in [-0.4, -0.2) is 19.9 Å². The first-order chi connectivity index (χ1) is 19.2. The molecule has 4 atom stereocenters. The molecule has 40 heavy (non-hydrogen) atoms. The van der Waals surface area contributed by atoms with Gasteiger partial charge in [0.2, 0.25) is 0 Å². The van der Waals surface area contributed by atoms with Crippen molar-refractivity contribution in [3.63, 3.8) is 0 Å². The summed E-state index contributed by atoms with van der Waals surface area (Å²) in [7, 11) is 0. The predicted molar refractivity (Wildman–Crippen MR) is 164 cm³/mol. The molecule has 0 aromatic carbocycles. The van der Waals surface area contributed by atoms with Crippen molar-refractivity contribution in [1.29, 1.82) is 0 Å². The van der Waals surface area contributed by atoms with Gasteiger partial charge in [0, 0.05) is 45.7 Å². The molecule has 0 amide bonds. The van der Waals surface area contributed by atoms with Gasteiger partial charge in [-0.1, -0.05) is 52.0 Å². The van der Waals surface area contributed by atoms with E-state index in [-0.39, 0.29) is 10.8 Å². The van der Waals surface area contributed by atoms with E-state index in [4.69, 9.17) is 9.97 Å². The fourth-order valence-corrected chi connectivity index (χ4v) is 8.62. The van der Waals surface area contributed by atoms with E-state index in [0.717, 1.165) is 44.8 Å². The van der Waals surface area contributed by atoms with Crippen LogP contribution in [0.2, 0.25) is 0 Å². The Hall–Kier alpha value is -3.92. The van der Waals surface area contributed by atoms with E-state index < -0.39 is 0 Å². The Kier molecular flexibility index (Phi) is 4.24. The molecule has 12 bridgehead atoms. The summed E-state index contributed by atoms with van der Waals surface area (Å²) in [6.07, 6.45) is 12.0. The summed E-state index contributed by atoms with van der Waals surface area (Å²) in [4.78, 5) is 17.9. The van der Waals surface area contributed by atoms with Gasteiger partial charge in [-0.2, -0.15) is 0 Å². The van der Waals surface area contributed by atoms with Crippen molar-refractivity contribution in [3.8, 4) is 0 Å². The highest BCUT2D eigenvalue weighted by atomic mass is 14.8. The van der Waals surface area contributed by atoms with Gasteiger partial charge in [-0.15, -0.1) is 0 Å². The molecule has 0 fully saturated rings. The highest BCUT2D eigenvalue weighted by Crippen LogP contribution is 2.59.